The summed E-state index contributed by atoms with van der Waals surface area (Å²) in [6.45, 7) is 0.771. The number of rotatable bonds is 5. The summed E-state index contributed by atoms with van der Waals surface area (Å²) in [5.41, 5.74) is 2.00. The Morgan fingerprint density at radius 3 is 2.20 bits per heavy atom. The summed E-state index contributed by atoms with van der Waals surface area (Å²) in [7, 11) is 1.89. The number of hydrogen-bond acceptors (Lipinski definition) is 1. The molecular formula is C16H16Cl2FN. The first-order valence-corrected chi connectivity index (χ1v) is 7.20. The lowest BCUT2D eigenvalue weighted by Crippen LogP contribution is -2.19. The largest absolute Gasteiger partial charge is 0.319 e. The number of benzene rings is 2. The minimum Gasteiger partial charge on any atom is -0.319 e. The molecule has 0 spiro atoms. The average Bonchev–Trinajstić information content (AvgIpc) is 2.43. The van der Waals surface area contributed by atoms with Crippen molar-refractivity contribution in [1.29, 1.82) is 0 Å². The van der Waals surface area contributed by atoms with Crippen molar-refractivity contribution in [2.24, 2.45) is 0 Å². The molecule has 0 aromatic heterocycles. The maximum atomic E-state index is 13.0. The molecule has 2 aromatic rings. The summed E-state index contributed by atoms with van der Waals surface area (Å²) >= 11 is 12.4. The third-order valence-corrected chi connectivity index (χ3v) is 4.01. The molecule has 0 amide bonds. The molecule has 0 bridgehead atoms. The van der Waals surface area contributed by atoms with E-state index >= 15 is 0 Å². The zero-order valence-electron chi connectivity index (χ0n) is 11.2. The van der Waals surface area contributed by atoms with Gasteiger partial charge in [0.2, 0.25) is 0 Å². The minimum atomic E-state index is -0.229. The van der Waals surface area contributed by atoms with Gasteiger partial charge in [0.1, 0.15) is 5.82 Å². The van der Waals surface area contributed by atoms with Crippen LogP contribution in [0.2, 0.25) is 10.0 Å². The van der Waals surface area contributed by atoms with Crippen LogP contribution in [0.4, 0.5) is 4.39 Å². The summed E-state index contributed by atoms with van der Waals surface area (Å²) in [5.74, 6) is -0.0364. The maximum Gasteiger partial charge on any atom is 0.123 e. The van der Waals surface area contributed by atoms with Crippen molar-refractivity contribution in [2.75, 3.05) is 13.6 Å². The maximum absolute atomic E-state index is 13.0. The van der Waals surface area contributed by atoms with Crippen molar-refractivity contribution in [3.8, 4) is 0 Å². The van der Waals surface area contributed by atoms with Crippen LogP contribution in [-0.2, 0) is 6.42 Å². The van der Waals surface area contributed by atoms with Crippen molar-refractivity contribution in [1.82, 2.24) is 5.32 Å². The van der Waals surface area contributed by atoms with Crippen LogP contribution < -0.4 is 5.32 Å². The first-order valence-electron chi connectivity index (χ1n) is 6.44. The van der Waals surface area contributed by atoms with Gasteiger partial charge in [-0.2, -0.15) is 0 Å². The first kappa shape index (κ1) is 15.3. The van der Waals surface area contributed by atoms with Crippen LogP contribution in [0.3, 0.4) is 0 Å². The predicted octanol–water partition coefficient (Wildman–Crippen LogP) is 4.68. The van der Waals surface area contributed by atoms with Crippen LogP contribution in [0.1, 0.15) is 17.0 Å². The molecule has 2 aromatic carbocycles. The first-order chi connectivity index (χ1) is 9.61. The minimum absolute atomic E-state index is 0.193. The lowest BCUT2D eigenvalue weighted by Gasteiger charge is -2.18. The Morgan fingerprint density at radius 2 is 1.65 bits per heavy atom. The van der Waals surface area contributed by atoms with E-state index < -0.39 is 0 Å². The van der Waals surface area contributed by atoms with Crippen molar-refractivity contribution in [3.63, 3.8) is 0 Å². The molecule has 2 rings (SSSR count). The van der Waals surface area contributed by atoms with Gasteiger partial charge in [-0.3, -0.25) is 0 Å². The molecule has 20 heavy (non-hydrogen) atoms. The van der Waals surface area contributed by atoms with Gasteiger partial charge >= 0.3 is 0 Å². The Morgan fingerprint density at radius 1 is 1.05 bits per heavy atom. The highest BCUT2D eigenvalue weighted by Gasteiger charge is 2.15. The van der Waals surface area contributed by atoms with E-state index in [0.717, 1.165) is 17.7 Å². The SMILES string of the molecule is CNCC(Cc1c(Cl)cccc1Cl)c1ccc(F)cc1. The Labute approximate surface area is 128 Å². The second kappa shape index (κ2) is 7.07. The Kier molecular flexibility index (Phi) is 5.41. The molecule has 4 heteroatoms. The van der Waals surface area contributed by atoms with E-state index in [1.165, 1.54) is 12.1 Å². The molecule has 0 aliphatic rings. The van der Waals surface area contributed by atoms with Gasteiger partial charge in [-0.05, 0) is 48.9 Å². The van der Waals surface area contributed by atoms with Gasteiger partial charge in [-0.15, -0.1) is 0 Å². The molecule has 1 unspecified atom stereocenters. The second-order valence-electron chi connectivity index (χ2n) is 4.71. The summed E-state index contributed by atoms with van der Waals surface area (Å²) in [4.78, 5) is 0. The van der Waals surface area contributed by atoms with E-state index in [4.69, 9.17) is 23.2 Å². The molecule has 0 heterocycles. The van der Waals surface area contributed by atoms with Gasteiger partial charge in [0.05, 0.1) is 0 Å². The molecular weight excluding hydrogens is 296 g/mol. The fourth-order valence-electron chi connectivity index (χ4n) is 2.26. The third-order valence-electron chi connectivity index (χ3n) is 3.30. The van der Waals surface area contributed by atoms with Gasteiger partial charge in [0.15, 0.2) is 0 Å². The molecule has 0 saturated heterocycles. The second-order valence-corrected chi connectivity index (χ2v) is 5.52. The fraction of sp³-hybridized carbons (Fsp3) is 0.250. The smallest absolute Gasteiger partial charge is 0.123 e. The van der Waals surface area contributed by atoms with Crippen LogP contribution >= 0.6 is 23.2 Å². The van der Waals surface area contributed by atoms with E-state index in [9.17, 15) is 4.39 Å². The highest BCUT2D eigenvalue weighted by Crippen LogP contribution is 2.30. The fourth-order valence-corrected chi connectivity index (χ4v) is 2.81. The number of likely N-dealkylation sites (N-methyl/N-ethyl adjacent to an activating group) is 1. The number of nitrogens with one attached hydrogen (secondary N) is 1. The molecule has 0 aliphatic heterocycles. The van der Waals surface area contributed by atoms with Crippen molar-refractivity contribution >= 4 is 23.2 Å². The summed E-state index contributed by atoms with van der Waals surface area (Å²) in [6, 6.07) is 12.1. The standard InChI is InChI=1S/C16H16Cl2FN/c1-20-10-12(11-5-7-13(19)8-6-11)9-14-15(17)3-2-4-16(14)18/h2-8,12,20H,9-10H2,1H3. The lowest BCUT2D eigenvalue weighted by atomic mass is 9.92. The molecule has 1 nitrogen and oxygen atoms in total. The highest BCUT2D eigenvalue weighted by molar-refractivity contribution is 6.36. The van der Waals surface area contributed by atoms with Crippen LogP contribution in [-0.4, -0.2) is 13.6 Å². The van der Waals surface area contributed by atoms with E-state index in [-0.39, 0.29) is 11.7 Å². The molecule has 1 atom stereocenters. The highest BCUT2D eigenvalue weighted by atomic mass is 35.5. The molecule has 106 valence electrons. The summed E-state index contributed by atoms with van der Waals surface area (Å²) in [5, 5.41) is 4.49. The van der Waals surface area contributed by atoms with E-state index in [1.54, 1.807) is 0 Å². The third kappa shape index (κ3) is 3.72. The van der Waals surface area contributed by atoms with Crippen molar-refractivity contribution < 1.29 is 4.39 Å². The molecule has 0 saturated carbocycles. The van der Waals surface area contributed by atoms with E-state index in [0.29, 0.717) is 16.5 Å². The van der Waals surface area contributed by atoms with Crippen molar-refractivity contribution in [2.45, 2.75) is 12.3 Å². The monoisotopic (exact) mass is 311 g/mol. The lowest BCUT2D eigenvalue weighted by molar-refractivity contribution is 0.611. The van der Waals surface area contributed by atoms with Crippen LogP contribution in [0, 0.1) is 5.82 Å². The predicted molar refractivity (Wildman–Crippen MR) is 83.2 cm³/mol. The van der Waals surface area contributed by atoms with E-state index in [1.807, 2.05) is 37.4 Å². The Balaban J connectivity index is 2.28. The number of hydrogen-bond donors (Lipinski definition) is 1. The van der Waals surface area contributed by atoms with Crippen LogP contribution in [0.5, 0.6) is 0 Å². The van der Waals surface area contributed by atoms with E-state index in [2.05, 4.69) is 5.32 Å². The Bertz CT molecular complexity index is 549. The molecule has 1 N–H and O–H groups in total. The van der Waals surface area contributed by atoms with Crippen LogP contribution in [0.15, 0.2) is 42.5 Å². The Hall–Kier alpha value is -1.09. The van der Waals surface area contributed by atoms with Gasteiger partial charge in [0.25, 0.3) is 0 Å². The van der Waals surface area contributed by atoms with Crippen LogP contribution in [0.25, 0.3) is 0 Å². The molecule has 0 radical (unpaired) electrons. The average molecular weight is 312 g/mol. The molecule has 0 fully saturated rings. The zero-order chi connectivity index (χ0) is 14.5. The zero-order valence-corrected chi connectivity index (χ0v) is 12.7. The summed E-state index contributed by atoms with van der Waals surface area (Å²) < 4.78 is 13.0. The van der Waals surface area contributed by atoms with Crippen molar-refractivity contribution in [3.05, 3.63) is 69.5 Å². The molecule has 0 aliphatic carbocycles. The quantitative estimate of drug-likeness (QED) is 0.845. The van der Waals surface area contributed by atoms with Gasteiger partial charge in [-0.25, -0.2) is 4.39 Å². The normalized spacial score (nSPS) is 12.4. The number of halogens is 3. The van der Waals surface area contributed by atoms with Gasteiger partial charge < -0.3 is 5.32 Å². The van der Waals surface area contributed by atoms with Gasteiger partial charge in [0, 0.05) is 22.5 Å². The van der Waals surface area contributed by atoms with Gasteiger partial charge in [-0.1, -0.05) is 41.4 Å². The summed E-state index contributed by atoms with van der Waals surface area (Å²) in [6.07, 6.45) is 0.713. The topological polar surface area (TPSA) is 12.0 Å².